The van der Waals surface area contributed by atoms with Crippen LogP contribution in [0.25, 0.3) is 0 Å². The van der Waals surface area contributed by atoms with Gasteiger partial charge in [-0.1, -0.05) is 72.7 Å². The van der Waals surface area contributed by atoms with Gasteiger partial charge in [-0.15, -0.1) is 0 Å². The van der Waals surface area contributed by atoms with E-state index in [0.29, 0.717) is 16.7 Å². The van der Waals surface area contributed by atoms with Gasteiger partial charge in [0.15, 0.2) is 0 Å². The van der Waals surface area contributed by atoms with Crippen molar-refractivity contribution in [3.8, 4) is 0 Å². The van der Waals surface area contributed by atoms with Crippen molar-refractivity contribution in [3.63, 3.8) is 0 Å². The van der Waals surface area contributed by atoms with E-state index < -0.39 is 0 Å². The molecule has 1 nitrogen and oxygen atoms in total. The highest BCUT2D eigenvalue weighted by Crippen LogP contribution is 2.42. The Hall–Kier alpha value is -0.820. The molecule has 0 heterocycles. The van der Waals surface area contributed by atoms with Crippen molar-refractivity contribution in [1.29, 1.82) is 0 Å². The fraction of sp³-hybridized carbons (Fsp3) is 0.700. The van der Waals surface area contributed by atoms with Crippen molar-refractivity contribution in [1.82, 2.24) is 5.32 Å². The second kappa shape index (κ2) is 7.45. The number of rotatable bonds is 6. The third-order valence-corrected chi connectivity index (χ3v) is 4.00. The molecule has 120 valence electrons. The van der Waals surface area contributed by atoms with E-state index in [0.717, 1.165) is 13.1 Å². The van der Waals surface area contributed by atoms with Crippen molar-refractivity contribution in [2.24, 2.45) is 10.8 Å². The second-order valence-electron chi connectivity index (χ2n) is 8.60. The van der Waals surface area contributed by atoms with Crippen molar-refractivity contribution < 1.29 is 0 Å². The maximum atomic E-state index is 3.47. The molecule has 0 saturated carbocycles. The molecule has 1 aromatic rings. The number of hydrogen-bond acceptors (Lipinski definition) is 1. The van der Waals surface area contributed by atoms with Crippen LogP contribution < -0.4 is 5.32 Å². The molecule has 0 aromatic heterocycles. The summed E-state index contributed by atoms with van der Waals surface area (Å²) < 4.78 is 0. The van der Waals surface area contributed by atoms with Gasteiger partial charge in [-0.25, -0.2) is 0 Å². The third-order valence-electron chi connectivity index (χ3n) is 4.00. The van der Waals surface area contributed by atoms with Crippen molar-refractivity contribution in [3.05, 3.63) is 35.4 Å². The summed E-state index contributed by atoms with van der Waals surface area (Å²) in [6, 6.07) is 9.26. The Morgan fingerprint density at radius 2 is 1.52 bits per heavy atom. The first-order valence-corrected chi connectivity index (χ1v) is 8.43. The lowest BCUT2D eigenvalue weighted by molar-refractivity contribution is 0.229. The zero-order valence-electron chi connectivity index (χ0n) is 15.2. The minimum absolute atomic E-state index is 0.301. The lowest BCUT2D eigenvalue weighted by atomic mass is 9.69. The van der Waals surface area contributed by atoms with E-state index in [2.05, 4.69) is 78.0 Å². The largest absolute Gasteiger partial charge is 0.313 e. The lowest BCUT2D eigenvalue weighted by Gasteiger charge is -2.36. The summed E-state index contributed by atoms with van der Waals surface area (Å²) in [6.45, 7) is 18.4. The van der Waals surface area contributed by atoms with Crippen LogP contribution >= 0.6 is 0 Å². The van der Waals surface area contributed by atoms with Gasteiger partial charge in [0.2, 0.25) is 0 Å². The molecule has 0 amide bonds. The monoisotopic (exact) mass is 289 g/mol. The number of nitrogens with one attached hydrogen (secondary N) is 1. The van der Waals surface area contributed by atoms with E-state index in [1.807, 2.05) is 0 Å². The van der Waals surface area contributed by atoms with Gasteiger partial charge in [0.1, 0.15) is 0 Å². The Morgan fingerprint density at radius 1 is 0.952 bits per heavy atom. The van der Waals surface area contributed by atoms with Crippen LogP contribution in [0, 0.1) is 10.8 Å². The summed E-state index contributed by atoms with van der Waals surface area (Å²) in [5, 5.41) is 3.47. The van der Waals surface area contributed by atoms with Gasteiger partial charge in [-0.2, -0.15) is 0 Å². The highest BCUT2D eigenvalue weighted by molar-refractivity contribution is 5.27. The fourth-order valence-corrected chi connectivity index (χ4v) is 2.81. The van der Waals surface area contributed by atoms with E-state index in [1.165, 1.54) is 24.0 Å². The zero-order valence-corrected chi connectivity index (χ0v) is 15.2. The van der Waals surface area contributed by atoms with Gasteiger partial charge in [0.05, 0.1) is 0 Å². The second-order valence-corrected chi connectivity index (χ2v) is 8.60. The molecule has 1 heteroatoms. The van der Waals surface area contributed by atoms with Gasteiger partial charge in [0, 0.05) is 6.54 Å². The molecular formula is C20H35N. The predicted molar refractivity (Wildman–Crippen MR) is 94.7 cm³/mol. The summed E-state index contributed by atoms with van der Waals surface area (Å²) in [6.07, 6.45) is 2.42. The van der Waals surface area contributed by atoms with Gasteiger partial charge < -0.3 is 5.32 Å². The van der Waals surface area contributed by atoms with Crippen molar-refractivity contribution in [2.45, 2.75) is 73.8 Å². The summed E-state index contributed by atoms with van der Waals surface area (Å²) in [7, 11) is 0. The molecule has 1 N–H and O–H groups in total. The van der Waals surface area contributed by atoms with Gasteiger partial charge in [-0.3, -0.25) is 0 Å². The first-order chi connectivity index (χ1) is 9.63. The topological polar surface area (TPSA) is 12.0 Å². The number of benzene rings is 1. The lowest BCUT2D eigenvalue weighted by Crippen LogP contribution is -2.24. The third kappa shape index (κ3) is 6.65. The average molecular weight is 290 g/mol. The standard InChI is InChI=1S/C20H35N/c1-8-13-21-15-16-9-11-17(12-10-16)18(20(5,6)7)14-19(2,3)4/h9-12,18,21H,8,13-15H2,1-7H3. The van der Waals surface area contributed by atoms with Gasteiger partial charge in [-0.05, 0) is 47.3 Å². The molecule has 0 bridgehead atoms. The molecular weight excluding hydrogens is 254 g/mol. The Balaban J connectivity index is 2.84. The molecule has 0 radical (unpaired) electrons. The molecule has 0 aliphatic rings. The summed E-state index contributed by atoms with van der Waals surface area (Å²) in [4.78, 5) is 0. The minimum atomic E-state index is 0.301. The van der Waals surface area contributed by atoms with E-state index >= 15 is 0 Å². The zero-order chi connectivity index (χ0) is 16.1. The summed E-state index contributed by atoms with van der Waals surface area (Å²) in [5.74, 6) is 0.607. The average Bonchev–Trinajstić information content (AvgIpc) is 2.35. The predicted octanol–water partition coefficient (Wildman–Crippen LogP) is 5.75. The quantitative estimate of drug-likeness (QED) is 0.657. The molecule has 21 heavy (non-hydrogen) atoms. The van der Waals surface area contributed by atoms with Crippen LogP contribution in [0.4, 0.5) is 0 Å². The van der Waals surface area contributed by atoms with Crippen LogP contribution in [0.3, 0.4) is 0 Å². The maximum absolute atomic E-state index is 3.47. The first kappa shape index (κ1) is 18.2. The molecule has 0 aliphatic heterocycles. The summed E-state index contributed by atoms with van der Waals surface area (Å²) in [5.41, 5.74) is 3.53. The van der Waals surface area contributed by atoms with Crippen molar-refractivity contribution in [2.75, 3.05) is 6.54 Å². The Labute approximate surface area is 132 Å². The SMILES string of the molecule is CCCNCc1ccc(C(CC(C)(C)C)C(C)(C)C)cc1. The fourth-order valence-electron chi connectivity index (χ4n) is 2.81. The van der Waals surface area contributed by atoms with Gasteiger partial charge in [0.25, 0.3) is 0 Å². The number of hydrogen-bond donors (Lipinski definition) is 1. The van der Waals surface area contributed by atoms with Crippen molar-refractivity contribution >= 4 is 0 Å². The highest BCUT2D eigenvalue weighted by Gasteiger charge is 2.30. The van der Waals surface area contributed by atoms with Crippen LogP contribution in [-0.2, 0) is 6.54 Å². The molecule has 0 saturated heterocycles. The molecule has 1 unspecified atom stereocenters. The normalized spacial score (nSPS) is 14.2. The van der Waals surface area contributed by atoms with Crippen LogP contribution in [0.15, 0.2) is 24.3 Å². The van der Waals surface area contributed by atoms with Crippen LogP contribution in [0.2, 0.25) is 0 Å². The van der Waals surface area contributed by atoms with E-state index in [4.69, 9.17) is 0 Å². The maximum Gasteiger partial charge on any atom is 0.0205 e. The molecule has 0 fully saturated rings. The highest BCUT2D eigenvalue weighted by atomic mass is 14.8. The van der Waals surface area contributed by atoms with Crippen LogP contribution in [0.5, 0.6) is 0 Å². The Morgan fingerprint density at radius 3 is 1.95 bits per heavy atom. The van der Waals surface area contributed by atoms with E-state index in [-0.39, 0.29) is 0 Å². The Kier molecular flexibility index (Phi) is 6.46. The first-order valence-electron chi connectivity index (χ1n) is 8.43. The molecule has 1 rings (SSSR count). The molecule has 1 aromatic carbocycles. The van der Waals surface area contributed by atoms with E-state index in [9.17, 15) is 0 Å². The molecule has 1 atom stereocenters. The van der Waals surface area contributed by atoms with Crippen LogP contribution in [-0.4, -0.2) is 6.54 Å². The van der Waals surface area contributed by atoms with Crippen LogP contribution in [0.1, 0.15) is 78.4 Å². The van der Waals surface area contributed by atoms with Gasteiger partial charge >= 0.3 is 0 Å². The Bertz CT molecular complexity index is 403. The smallest absolute Gasteiger partial charge is 0.0205 e. The minimum Gasteiger partial charge on any atom is -0.313 e. The summed E-state index contributed by atoms with van der Waals surface area (Å²) >= 11 is 0. The molecule has 0 aliphatic carbocycles. The van der Waals surface area contributed by atoms with E-state index in [1.54, 1.807) is 0 Å². The molecule has 0 spiro atoms.